The van der Waals surface area contributed by atoms with E-state index in [9.17, 15) is 22.8 Å². The highest BCUT2D eigenvalue weighted by atomic mass is 35.5. The predicted molar refractivity (Wildman–Crippen MR) is 152 cm³/mol. The molecular weight excluding hydrogens is 595 g/mol. The van der Waals surface area contributed by atoms with Gasteiger partial charge in [0.05, 0.1) is 42.3 Å². The quantitative estimate of drug-likeness (QED) is 0.198. The molecule has 4 rings (SSSR count). The average molecular weight is 620 g/mol. The van der Waals surface area contributed by atoms with Gasteiger partial charge < -0.3 is 20.1 Å². The van der Waals surface area contributed by atoms with E-state index in [4.69, 9.17) is 21.1 Å². The Kier molecular flexibility index (Phi) is 9.96. The molecule has 0 aliphatic carbocycles. The van der Waals surface area contributed by atoms with Gasteiger partial charge in [0.2, 0.25) is 5.91 Å². The Hall–Kier alpha value is -4.23. The number of rotatable bonds is 11. The highest BCUT2D eigenvalue weighted by Gasteiger charge is 2.31. The molecule has 0 unspecified atom stereocenters. The number of ether oxygens (including phenoxy) is 2. The maximum atomic E-state index is 13.1. The fourth-order valence-electron chi connectivity index (χ4n) is 3.77. The Morgan fingerprint density at radius 2 is 1.79 bits per heavy atom. The van der Waals surface area contributed by atoms with Crippen LogP contribution in [0.1, 0.15) is 28.7 Å². The summed E-state index contributed by atoms with van der Waals surface area (Å²) in [5.74, 6) is 0.381. The number of benzene rings is 3. The first-order chi connectivity index (χ1) is 20.1. The van der Waals surface area contributed by atoms with Gasteiger partial charge in [-0.25, -0.2) is 0 Å². The lowest BCUT2D eigenvalue weighted by Gasteiger charge is -2.13. The Balaban J connectivity index is 1.53. The van der Waals surface area contributed by atoms with Crippen LogP contribution < -0.4 is 20.1 Å². The molecule has 0 aliphatic rings. The van der Waals surface area contributed by atoms with Gasteiger partial charge in [-0.1, -0.05) is 29.4 Å². The molecule has 42 heavy (non-hydrogen) atoms. The summed E-state index contributed by atoms with van der Waals surface area (Å²) in [6, 6.07) is 16.4. The van der Waals surface area contributed by atoms with Crippen molar-refractivity contribution in [2.45, 2.75) is 24.8 Å². The highest BCUT2D eigenvalue weighted by Crippen LogP contribution is 2.34. The maximum Gasteiger partial charge on any atom is 0.416 e. The average Bonchev–Trinajstić information content (AvgIpc) is 3.38. The summed E-state index contributed by atoms with van der Waals surface area (Å²) in [6.07, 6.45) is -4.59. The van der Waals surface area contributed by atoms with Gasteiger partial charge in [-0.05, 0) is 67.6 Å². The predicted octanol–water partition coefficient (Wildman–Crippen LogP) is 6.01. The number of hydrogen-bond acceptors (Lipinski definition) is 7. The van der Waals surface area contributed by atoms with Crippen LogP contribution in [0.4, 0.5) is 18.9 Å². The van der Waals surface area contributed by atoms with E-state index in [2.05, 4.69) is 20.8 Å². The van der Waals surface area contributed by atoms with Crippen molar-refractivity contribution in [1.29, 1.82) is 0 Å². The van der Waals surface area contributed by atoms with Gasteiger partial charge in [0.15, 0.2) is 11.0 Å². The lowest BCUT2D eigenvalue weighted by atomic mass is 10.2. The maximum absolute atomic E-state index is 13.1. The molecule has 14 heteroatoms. The number of methoxy groups -OCH3 is 1. The standard InChI is InChI=1S/C28H25ClF3N5O4S/c1-3-41-20-10-8-19(9-11-20)37-24(15-33-26(39)17-5-4-6-21(13-17)40-2)35-36-27(37)42-16-25(38)34-23-14-18(28(30,31)32)7-12-22(23)29/h4-14H,3,15-16H2,1-2H3,(H,33,39)(H,34,38). The molecule has 0 spiro atoms. The van der Waals surface area contributed by atoms with Crippen LogP contribution in [0.25, 0.3) is 5.69 Å². The first kappa shape index (κ1) is 30.7. The van der Waals surface area contributed by atoms with Crippen LogP contribution in [-0.4, -0.2) is 46.0 Å². The molecule has 0 atom stereocenters. The molecule has 9 nitrogen and oxygen atoms in total. The molecule has 0 fully saturated rings. The number of thioether (sulfide) groups is 1. The van der Waals surface area contributed by atoms with E-state index in [1.165, 1.54) is 7.11 Å². The zero-order valence-corrected chi connectivity index (χ0v) is 23.9. The summed E-state index contributed by atoms with van der Waals surface area (Å²) in [6.45, 7) is 2.35. The first-order valence-electron chi connectivity index (χ1n) is 12.5. The normalized spacial score (nSPS) is 11.2. The number of amides is 2. The highest BCUT2D eigenvalue weighted by molar-refractivity contribution is 7.99. The number of aromatic nitrogens is 3. The van der Waals surface area contributed by atoms with Crippen molar-refractivity contribution >= 4 is 40.9 Å². The van der Waals surface area contributed by atoms with Crippen LogP contribution in [0.15, 0.2) is 71.9 Å². The topological polar surface area (TPSA) is 107 Å². The fraction of sp³-hybridized carbons (Fsp3) is 0.214. The van der Waals surface area contributed by atoms with Crippen LogP contribution in [0.3, 0.4) is 0 Å². The van der Waals surface area contributed by atoms with Gasteiger partial charge in [-0.3, -0.25) is 14.2 Å². The van der Waals surface area contributed by atoms with E-state index in [1.807, 2.05) is 6.92 Å². The molecule has 3 aromatic carbocycles. The summed E-state index contributed by atoms with van der Waals surface area (Å²) in [4.78, 5) is 25.5. The van der Waals surface area contributed by atoms with Crippen molar-refractivity contribution in [3.05, 3.63) is 88.7 Å². The SMILES string of the molecule is CCOc1ccc(-n2c(CNC(=O)c3cccc(OC)c3)nnc2SCC(=O)Nc2cc(C(F)(F)F)ccc2Cl)cc1. The molecular formula is C28H25ClF3N5O4S. The lowest BCUT2D eigenvalue weighted by Crippen LogP contribution is -2.24. The zero-order valence-electron chi connectivity index (χ0n) is 22.4. The molecule has 2 amide bonds. The molecule has 0 saturated heterocycles. The number of nitrogens with one attached hydrogen (secondary N) is 2. The second kappa shape index (κ2) is 13.6. The number of alkyl halides is 3. The molecule has 1 aromatic heterocycles. The van der Waals surface area contributed by atoms with Crippen LogP contribution in [0, 0.1) is 0 Å². The van der Waals surface area contributed by atoms with Gasteiger partial charge in [0, 0.05) is 11.3 Å². The molecule has 0 saturated carbocycles. The largest absolute Gasteiger partial charge is 0.497 e. The van der Waals surface area contributed by atoms with Crippen LogP contribution in [0.2, 0.25) is 5.02 Å². The van der Waals surface area contributed by atoms with Crippen molar-refractivity contribution < 1.29 is 32.2 Å². The molecule has 0 aliphatic heterocycles. The van der Waals surface area contributed by atoms with E-state index >= 15 is 0 Å². The second-order valence-electron chi connectivity index (χ2n) is 8.60. The summed E-state index contributed by atoms with van der Waals surface area (Å²) in [7, 11) is 1.50. The summed E-state index contributed by atoms with van der Waals surface area (Å²) in [5.41, 5.74) is -0.0735. The van der Waals surface area contributed by atoms with Crippen LogP contribution in [0.5, 0.6) is 11.5 Å². The Morgan fingerprint density at radius 1 is 1.02 bits per heavy atom. The third kappa shape index (κ3) is 7.74. The van der Waals surface area contributed by atoms with E-state index in [-0.39, 0.29) is 28.9 Å². The van der Waals surface area contributed by atoms with Crippen molar-refractivity contribution in [3.8, 4) is 17.2 Å². The number of carbonyl (C=O) groups is 2. The molecule has 4 aromatic rings. The number of carbonyl (C=O) groups excluding carboxylic acids is 2. The third-order valence-electron chi connectivity index (χ3n) is 5.75. The number of anilines is 1. The van der Waals surface area contributed by atoms with Crippen molar-refractivity contribution in [2.24, 2.45) is 0 Å². The number of halogens is 4. The van der Waals surface area contributed by atoms with Gasteiger partial charge in [-0.2, -0.15) is 13.2 Å². The third-order valence-corrected chi connectivity index (χ3v) is 7.00. The van der Waals surface area contributed by atoms with Crippen molar-refractivity contribution in [1.82, 2.24) is 20.1 Å². The second-order valence-corrected chi connectivity index (χ2v) is 9.95. The van der Waals surface area contributed by atoms with Crippen LogP contribution >= 0.6 is 23.4 Å². The number of nitrogens with zero attached hydrogens (tertiary/aromatic N) is 3. The summed E-state index contributed by atoms with van der Waals surface area (Å²) in [5, 5.41) is 13.9. The Bertz CT molecular complexity index is 1560. The fourth-order valence-corrected chi connectivity index (χ4v) is 4.70. The Morgan fingerprint density at radius 3 is 2.48 bits per heavy atom. The van der Waals surface area contributed by atoms with Gasteiger partial charge in [0.25, 0.3) is 5.91 Å². The first-order valence-corrected chi connectivity index (χ1v) is 13.8. The van der Waals surface area contributed by atoms with E-state index in [0.717, 1.165) is 30.0 Å². The number of hydrogen-bond donors (Lipinski definition) is 2. The van der Waals surface area contributed by atoms with Crippen molar-refractivity contribution in [2.75, 3.05) is 24.8 Å². The monoisotopic (exact) mass is 619 g/mol. The molecule has 1 heterocycles. The van der Waals surface area contributed by atoms with Gasteiger partial charge in [-0.15, -0.1) is 10.2 Å². The van der Waals surface area contributed by atoms with E-state index in [0.29, 0.717) is 40.3 Å². The molecule has 2 N–H and O–H groups in total. The molecule has 0 bridgehead atoms. The Labute approximate surface area is 248 Å². The lowest BCUT2D eigenvalue weighted by molar-refractivity contribution is -0.137. The minimum atomic E-state index is -4.59. The van der Waals surface area contributed by atoms with Gasteiger partial charge >= 0.3 is 6.18 Å². The molecule has 220 valence electrons. The van der Waals surface area contributed by atoms with E-state index in [1.54, 1.807) is 53.1 Å². The summed E-state index contributed by atoms with van der Waals surface area (Å²) < 4.78 is 51.7. The minimum absolute atomic E-state index is 0.00283. The van der Waals surface area contributed by atoms with Crippen LogP contribution in [-0.2, 0) is 17.5 Å². The molecule has 0 radical (unpaired) electrons. The van der Waals surface area contributed by atoms with Crippen molar-refractivity contribution in [3.63, 3.8) is 0 Å². The van der Waals surface area contributed by atoms with Gasteiger partial charge in [0.1, 0.15) is 11.5 Å². The summed E-state index contributed by atoms with van der Waals surface area (Å²) >= 11 is 7.01. The zero-order chi connectivity index (χ0) is 30.3. The van der Waals surface area contributed by atoms with E-state index < -0.39 is 17.6 Å². The minimum Gasteiger partial charge on any atom is -0.497 e. The smallest absolute Gasteiger partial charge is 0.416 e.